The van der Waals surface area contributed by atoms with Crippen LogP contribution in [0.25, 0.3) is 0 Å². The molecule has 0 aliphatic heterocycles. The summed E-state index contributed by atoms with van der Waals surface area (Å²) in [6.45, 7) is -0.0401. The van der Waals surface area contributed by atoms with Crippen LogP contribution in [0.5, 0.6) is 5.75 Å². The second-order valence-electron chi connectivity index (χ2n) is 5.04. The first-order valence-corrected chi connectivity index (χ1v) is 7.24. The van der Waals surface area contributed by atoms with Crippen LogP contribution in [0.2, 0.25) is 5.02 Å². The minimum absolute atomic E-state index is 0.0401. The summed E-state index contributed by atoms with van der Waals surface area (Å²) in [5, 5.41) is 7.94. The van der Waals surface area contributed by atoms with E-state index in [4.69, 9.17) is 16.3 Å². The third-order valence-electron chi connectivity index (χ3n) is 3.51. The van der Waals surface area contributed by atoms with E-state index >= 15 is 0 Å². The van der Waals surface area contributed by atoms with Crippen molar-refractivity contribution in [3.8, 4) is 5.75 Å². The molecule has 21 heavy (non-hydrogen) atoms. The molecule has 0 unspecified atom stereocenters. The van der Waals surface area contributed by atoms with E-state index in [-0.39, 0.29) is 12.5 Å². The normalized spacial score (nSPS) is 13.0. The zero-order chi connectivity index (χ0) is 14.8. The SMILES string of the molecule is Cn1nc2c(c1NC(=O)COc1ccc(Cl)cc1)CCC2. The topological polar surface area (TPSA) is 56.2 Å². The van der Waals surface area contributed by atoms with Crippen LogP contribution >= 0.6 is 11.6 Å². The number of fused-ring (bicyclic) bond motifs is 1. The van der Waals surface area contributed by atoms with E-state index in [2.05, 4.69) is 10.4 Å². The van der Waals surface area contributed by atoms with Crippen molar-refractivity contribution >= 4 is 23.3 Å². The van der Waals surface area contributed by atoms with Gasteiger partial charge in [-0.2, -0.15) is 5.10 Å². The number of rotatable bonds is 4. The summed E-state index contributed by atoms with van der Waals surface area (Å²) in [6, 6.07) is 6.92. The Labute approximate surface area is 127 Å². The summed E-state index contributed by atoms with van der Waals surface area (Å²) in [5.41, 5.74) is 2.24. The van der Waals surface area contributed by atoms with Gasteiger partial charge in [-0.05, 0) is 43.5 Å². The number of nitrogens with zero attached hydrogens (tertiary/aromatic N) is 2. The van der Waals surface area contributed by atoms with Crippen molar-refractivity contribution in [2.75, 3.05) is 11.9 Å². The van der Waals surface area contributed by atoms with Gasteiger partial charge in [0.15, 0.2) is 6.61 Å². The van der Waals surface area contributed by atoms with Crippen molar-refractivity contribution in [3.63, 3.8) is 0 Å². The summed E-state index contributed by atoms with van der Waals surface area (Å²) in [5.74, 6) is 1.21. The number of hydrogen-bond acceptors (Lipinski definition) is 3. The largest absolute Gasteiger partial charge is 0.484 e. The van der Waals surface area contributed by atoms with Crippen LogP contribution in [0.1, 0.15) is 17.7 Å². The summed E-state index contributed by atoms with van der Waals surface area (Å²) >= 11 is 5.80. The molecule has 6 heteroatoms. The highest BCUT2D eigenvalue weighted by atomic mass is 35.5. The molecule has 0 saturated carbocycles. The van der Waals surface area contributed by atoms with Gasteiger partial charge in [0.1, 0.15) is 11.6 Å². The van der Waals surface area contributed by atoms with Gasteiger partial charge in [-0.15, -0.1) is 0 Å². The van der Waals surface area contributed by atoms with Gasteiger partial charge in [0.05, 0.1) is 5.69 Å². The lowest BCUT2D eigenvalue weighted by Crippen LogP contribution is -2.22. The van der Waals surface area contributed by atoms with Crippen LogP contribution in [-0.2, 0) is 24.7 Å². The number of nitrogens with one attached hydrogen (secondary N) is 1. The highest BCUT2D eigenvalue weighted by molar-refractivity contribution is 6.30. The Balaban J connectivity index is 1.61. The minimum Gasteiger partial charge on any atom is -0.484 e. The van der Waals surface area contributed by atoms with E-state index in [9.17, 15) is 4.79 Å². The molecule has 1 aliphatic carbocycles. The molecule has 0 spiro atoms. The minimum atomic E-state index is -0.192. The van der Waals surface area contributed by atoms with Gasteiger partial charge in [0.2, 0.25) is 0 Å². The van der Waals surface area contributed by atoms with E-state index < -0.39 is 0 Å². The van der Waals surface area contributed by atoms with Crippen molar-refractivity contribution in [2.45, 2.75) is 19.3 Å². The first kappa shape index (κ1) is 13.9. The maximum atomic E-state index is 12.0. The summed E-state index contributed by atoms with van der Waals surface area (Å²) in [6.07, 6.45) is 3.06. The number of anilines is 1. The maximum absolute atomic E-state index is 12.0. The fourth-order valence-electron chi connectivity index (χ4n) is 2.52. The number of hydrogen-bond donors (Lipinski definition) is 1. The Bertz CT molecular complexity index is 664. The van der Waals surface area contributed by atoms with E-state index in [1.165, 1.54) is 0 Å². The number of ether oxygens (including phenoxy) is 1. The molecule has 0 atom stereocenters. The lowest BCUT2D eigenvalue weighted by atomic mass is 10.2. The Kier molecular flexibility index (Phi) is 3.84. The van der Waals surface area contributed by atoms with Crippen LogP contribution in [0, 0.1) is 0 Å². The smallest absolute Gasteiger partial charge is 0.263 e. The molecule has 1 N–H and O–H groups in total. The van der Waals surface area contributed by atoms with Crippen LogP contribution in [-0.4, -0.2) is 22.3 Å². The van der Waals surface area contributed by atoms with E-state index in [0.29, 0.717) is 10.8 Å². The molecule has 1 aromatic carbocycles. The van der Waals surface area contributed by atoms with Gasteiger partial charge in [-0.1, -0.05) is 11.6 Å². The molecule has 0 fully saturated rings. The van der Waals surface area contributed by atoms with Crippen LogP contribution < -0.4 is 10.1 Å². The summed E-state index contributed by atoms with van der Waals surface area (Å²) in [7, 11) is 1.84. The van der Waals surface area contributed by atoms with Gasteiger partial charge in [-0.25, -0.2) is 0 Å². The van der Waals surface area contributed by atoms with Crippen molar-refractivity contribution in [1.29, 1.82) is 0 Å². The van der Waals surface area contributed by atoms with Gasteiger partial charge in [0, 0.05) is 17.6 Å². The van der Waals surface area contributed by atoms with E-state index in [0.717, 1.165) is 36.3 Å². The molecule has 0 radical (unpaired) electrons. The number of benzene rings is 1. The van der Waals surface area contributed by atoms with Crippen molar-refractivity contribution in [2.24, 2.45) is 7.05 Å². The third-order valence-corrected chi connectivity index (χ3v) is 3.76. The number of carbonyl (C=O) groups excluding carboxylic acids is 1. The highest BCUT2D eigenvalue weighted by Crippen LogP contribution is 2.27. The van der Waals surface area contributed by atoms with Crippen LogP contribution in [0.15, 0.2) is 24.3 Å². The Morgan fingerprint density at radius 3 is 2.90 bits per heavy atom. The van der Waals surface area contributed by atoms with E-state index in [1.54, 1.807) is 28.9 Å². The number of carbonyl (C=O) groups is 1. The standard InChI is InChI=1S/C15H16ClN3O2/c1-19-15(12-3-2-4-13(12)18-19)17-14(20)9-21-11-7-5-10(16)6-8-11/h5-8H,2-4,9H2,1H3,(H,17,20). The van der Waals surface area contributed by atoms with E-state index in [1.807, 2.05) is 7.05 Å². The molecule has 0 bridgehead atoms. The second kappa shape index (κ2) is 5.77. The van der Waals surface area contributed by atoms with Crippen LogP contribution in [0.4, 0.5) is 5.82 Å². The molecule has 2 aromatic rings. The molecule has 1 amide bonds. The summed E-state index contributed by atoms with van der Waals surface area (Å²) in [4.78, 5) is 12.0. The Morgan fingerprint density at radius 1 is 1.38 bits per heavy atom. The molecule has 110 valence electrons. The first-order valence-electron chi connectivity index (χ1n) is 6.86. The third kappa shape index (κ3) is 3.03. The van der Waals surface area contributed by atoms with Gasteiger partial charge in [0.25, 0.3) is 5.91 Å². The maximum Gasteiger partial charge on any atom is 0.263 e. The highest BCUT2D eigenvalue weighted by Gasteiger charge is 2.22. The average Bonchev–Trinajstić information content (AvgIpc) is 3.01. The number of aryl methyl sites for hydroxylation is 2. The second-order valence-corrected chi connectivity index (χ2v) is 5.48. The fraction of sp³-hybridized carbons (Fsp3) is 0.333. The molecular weight excluding hydrogens is 290 g/mol. The zero-order valence-electron chi connectivity index (χ0n) is 11.7. The number of halogens is 1. The summed E-state index contributed by atoms with van der Waals surface area (Å²) < 4.78 is 7.16. The zero-order valence-corrected chi connectivity index (χ0v) is 12.5. The number of amides is 1. The first-order chi connectivity index (χ1) is 10.1. The Morgan fingerprint density at radius 2 is 2.14 bits per heavy atom. The Hall–Kier alpha value is -2.01. The van der Waals surface area contributed by atoms with Crippen molar-refractivity contribution in [1.82, 2.24) is 9.78 Å². The van der Waals surface area contributed by atoms with Crippen LogP contribution in [0.3, 0.4) is 0 Å². The molecule has 1 heterocycles. The quantitative estimate of drug-likeness (QED) is 0.944. The average molecular weight is 306 g/mol. The fourth-order valence-corrected chi connectivity index (χ4v) is 2.65. The monoisotopic (exact) mass is 305 g/mol. The van der Waals surface area contributed by atoms with Gasteiger partial charge >= 0.3 is 0 Å². The lowest BCUT2D eigenvalue weighted by Gasteiger charge is -2.09. The lowest BCUT2D eigenvalue weighted by molar-refractivity contribution is -0.118. The predicted octanol–water partition coefficient (Wildman–Crippen LogP) is 2.58. The molecule has 1 aliphatic rings. The van der Waals surface area contributed by atoms with Gasteiger partial charge < -0.3 is 10.1 Å². The van der Waals surface area contributed by atoms with Crippen molar-refractivity contribution in [3.05, 3.63) is 40.5 Å². The molecule has 5 nitrogen and oxygen atoms in total. The number of aromatic nitrogens is 2. The molecule has 3 rings (SSSR count). The molecule has 0 saturated heterocycles. The molecule has 1 aromatic heterocycles. The van der Waals surface area contributed by atoms with Gasteiger partial charge in [-0.3, -0.25) is 9.48 Å². The van der Waals surface area contributed by atoms with Crippen molar-refractivity contribution < 1.29 is 9.53 Å². The molecular formula is C15H16ClN3O2. The predicted molar refractivity (Wildman–Crippen MR) is 80.8 cm³/mol.